The van der Waals surface area contributed by atoms with E-state index in [4.69, 9.17) is 0 Å². The maximum absolute atomic E-state index is 4.60. The number of rotatable bonds is 3. The van der Waals surface area contributed by atoms with Crippen LogP contribution in [0.5, 0.6) is 0 Å². The molecule has 1 unspecified atom stereocenters. The van der Waals surface area contributed by atoms with E-state index in [9.17, 15) is 0 Å². The molecule has 0 bridgehead atoms. The molecule has 0 saturated carbocycles. The molecule has 2 aromatic rings. The molecule has 2 nitrogen and oxygen atoms in total. The summed E-state index contributed by atoms with van der Waals surface area (Å²) >= 11 is 0. The molecular weight excluding hydrogens is 220 g/mol. The van der Waals surface area contributed by atoms with E-state index in [1.54, 1.807) is 0 Å². The highest BCUT2D eigenvalue weighted by molar-refractivity contribution is 5.41. The third-order valence-corrected chi connectivity index (χ3v) is 3.76. The van der Waals surface area contributed by atoms with Crippen LogP contribution in [-0.2, 0) is 13.0 Å². The van der Waals surface area contributed by atoms with Crippen molar-refractivity contribution in [2.75, 3.05) is 7.05 Å². The van der Waals surface area contributed by atoms with E-state index in [1.165, 1.54) is 28.8 Å². The van der Waals surface area contributed by atoms with Gasteiger partial charge in [0.25, 0.3) is 0 Å². The van der Waals surface area contributed by atoms with E-state index >= 15 is 0 Å². The minimum Gasteiger partial charge on any atom is -0.316 e. The Bertz CT molecular complexity index is 548. The van der Waals surface area contributed by atoms with Gasteiger partial charge < -0.3 is 5.32 Å². The van der Waals surface area contributed by atoms with Crippen molar-refractivity contribution < 1.29 is 0 Å². The minimum atomic E-state index is 0.478. The van der Waals surface area contributed by atoms with Gasteiger partial charge in [-0.1, -0.05) is 30.3 Å². The molecule has 0 saturated heterocycles. The molecular formula is C16H18N2. The standard InChI is InChI=1S/C16H18N2/c1-17-11-13-5-2-3-7-14(13)15-9-8-12-6-4-10-18-16(12)15/h2-7,10,15,17H,8-9,11H2,1H3. The van der Waals surface area contributed by atoms with Crippen LogP contribution >= 0.6 is 0 Å². The topological polar surface area (TPSA) is 24.9 Å². The van der Waals surface area contributed by atoms with Crippen molar-refractivity contribution in [3.63, 3.8) is 0 Å². The van der Waals surface area contributed by atoms with Gasteiger partial charge in [0, 0.05) is 18.7 Å². The fraction of sp³-hybridized carbons (Fsp3) is 0.312. The summed E-state index contributed by atoms with van der Waals surface area (Å²) < 4.78 is 0. The molecule has 1 aliphatic rings. The van der Waals surface area contributed by atoms with E-state index < -0.39 is 0 Å². The van der Waals surface area contributed by atoms with Gasteiger partial charge in [0.05, 0.1) is 5.69 Å². The van der Waals surface area contributed by atoms with Gasteiger partial charge in [0.15, 0.2) is 0 Å². The van der Waals surface area contributed by atoms with Gasteiger partial charge in [-0.25, -0.2) is 0 Å². The van der Waals surface area contributed by atoms with Gasteiger partial charge in [0.1, 0.15) is 0 Å². The van der Waals surface area contributed by atoms with Gasteiger partial charge in [0.2, 0.25) is 0 Å². The summed E-state index contributed by atoms with van der Waals surface area (Å²) in [7, 11) is 2.00. The first kappa shape index (κ1) is 11.4. The average molecular weight is 238 g/mol. The van der Waals surface area contributed by atoms with Crippen molar-refractivity contribution in [3.8, 4) is 0 Å². The minimum absolute atomic E-state index is 0.478. The van der Waals surface area contributed by atoms with Crippen molar-refractivity contribution in [1.82, 2.24) is 10.3 Å². The van der Waals surface area contributed by atoms with Crippen molar-refractivity contribution in [2.24, 2.45) is 0 Å². The first-order valence-corrected chi connectivity index (χ1v) is 6.56. The van der Waals surface area contributed by atoms with Crippen molar-refractivity contribution >= 4 is 0 Å². The van der Waals surface area contributed by atoms with Crippen LogP contribution < -0.4 is 5.32 Å². The van der Waals surface area contributed by atoms with Crippen molar-refractivity contribution in [2.45, 2.75) is 25.3 Å². The summed E-state index contributed by atoms with van der Waals surface area (Å²) in [5, 5.41) is 3.25. The molecule has 1 N–H and O–H groups in total. The smallest absolute Gasteiger partial charge is 0.0510 e. The Hall–Kier alpha value is -1.67. The lowest BCUT2D eigenvalue weighted by Crippen LogP contribution is -2.10. The van der Waals surface area contributed by atoms with E-state index in [2.05, 4.69) is 40.6 Å². The number of fused-ring (bicyclic) bond motifs is 1. The van der Waals surface area contributed by atoms with Gasteiger partial charge in [-0.3, -0.25) is 4.98 Å². The predicted molar refractivity (Wildman–Crippen MR) is 73.6 cm³/mol. The van der Waals surface area contributed by atoms with Crippen LogP contribution in [0.4, 0.5) is 0 Å². The first-order valence-electron chi connectivity index (χ1n) is 6.56. The molecule has 0 aliphatic heterocycles. The van der Waals surface area contributed by atoms with E-state index in [0.717, 1.165) is 13.0 Å². The molecule has 0 fully saturated rings. The van der Waals surface area contributed by atoms with Crippen LogP contribution in [0, 0.1) is 0 Å². The van der Waals surface area contributed by atoms with Crippen molar-refractivity contribution in [1.29, 1.82) is 0 Å². The Morgan fingerprint density at radius 3 is 3.00 bits per heavy atom. The number of nitrogens with one attached hydrogen (secondary N) is 1. The summed E-state index contributed by atoms with van der Waals surface area (Å²) in [5.74, 6) is 0.478. The van der Waals surface area contributed by atoms with E-state index in [1.807, 2.05) is 19.3 Å². The van der Waals surface area contributed by atoms with Crippen LogP contribution in [0.1, 0.15) is 34.7 Å². The van der Waals surface area contributed by atoms with Crippen LogP contribution in [0.3, 0.4) is 0 Å². The van der Waals surface area contributed by atoms with Crippen molar-refractivity contribution in [3.05, 3.63) is 65.0 Å². The Morgan fingerprint density at radius 1 is 1.22 bits per heavy atom. The third kappa shape index (κ3) is 1.93. The largest absolute Gasteiger partial charge is 0.316 e. The highest BCUT2D eigenvalue weighted by Gasteiger charge is 2.26. The number of nitrogens with zero attached hydrogens (tertiary/aromatic N) is 1. The Morgan fingerprint density at radius 2 is 2.11 bits per heavy atom. The lowest BCUT2D eigenvalue weighted by Gasteiger charge is -2.15. The molecule has 92 valence electrons. The molecule has 1 aromatic carbocycles. The zero-order valence-corrected chi connectivity index (χ0v) is 10.7. The summed E-state index contributed by atoms with van der Waals surface area (Å²) in [4.78, 5) is 4.60. The lowest BCUT2D eigenvalue weighted by molar-refractivity contribution is 0.738. The second kappa shape index (κ2) is 4.91. The summed E-state index contributed by atoms with van der Waals surface area (Å²) in [6.07, 6.45) is 4.26. The molecule has 0 spiro atoms. The maximum Gasteiger partial charge on any atom is 0.0510 e. The summed E-state index contributed by atoms with van der Waals surface area (Å²) in [6, 6.07) is 13.0. The normalized spacial score (nSPS) is 17.7. The Kier molecular flexibility index (Phi) is 3.11. The Balaban J connectivity index is 2.02. The second-order valence-corrected chi connectivity index (χ2v) is 4.87. The second-order valence-electron chi connectivity index (χ2n) is 4.87. The maximum atomic E-state index is 4.60. The lowest BCUT2D eigenvalue weighted by atomic mass is 9.92. The van der Waals surface area contributed by atoms with Gasteiger partial charge in [-0.05, 0) is 42.6 Å². The Labute approximate surface area is 108 Å². The monoisotopic (exact) mass is 238 g/mol. The molecule has 1 aromatic heterocycles. The molecule has 1 heterocycles. The zero-order chi connectivity index (χ0) is 12.4. The van der Waals surface area contributed by atoms with Gasteiger partial charge >= 0.3 is 0 Å². The van der Waals surface area contributed by atoms with Gasteiger partial charge in [-0.15, -0.1) is 0 Å². The molecule has 18 heavy (non-hydrogen) atoms. The molecule has 0 amide bonds. The number of benzene rings is 1. The quantitative estimate of drug-likeness (QED) is 0.889. The van der Waals surface area contributed by atoms with Gasteiger partial charge in [-0.2, -0.15) is 0 Å². The molecule has 1 atom stereocenters. The number of aromatic nitrogens is 1. The average Bonchev–Trinajstić information content (AvgIpc) is 2.84. The summed E-state index contributed by atoms with van der Waals surface area (Å²) in [5.41, 5.74) is 5.52. The molecule has 0 radical (unpaired) electrons. The SMILES string of the molecule is CNCc1ccccc1C1CCc2cccnc21. The predicted octanol–water partition coefficient (Wildman–Crippen LogP) is 2.88. The fourth-order valence-corrected chi connectivity index (χ4v) is 2.94. The molecule has 1 aliphatic carbocycles. The number of hydrogen-bond donors (Lipinski definition) is 1. The van der Waals surface area contributed by atoms with Crippen LogP contribution in [0.25, 0.3) is 0 Å². The highest BCUT2D eigenvalue weighted by Crippen LogP contribution is 2.37. The van der Waals surface area contributed by atoms with Crippen LogP contribution in [0.2, 0.25) is 0 Å². The third-order valence-electron chi connectivity index (χ3n) is 3.76. The van der Waals surface area contributed by atoms with Crippen LogP contribution in [0.15, 0.2) is 42.6 Å². The number of hydrogen-bond acceptors (Lipinski definition) is 2. The highest BCUT2D eigenvalue weighted by atomic mass is 14.8. The van der Waals surface area contributed by atoms with Crippen LogP contribution in [-0.4, -0.2) is 12.0 Å². The van der Waals surface area contributed by atoms with E-state index in [-0.39, 0.29) is 0 Å². The van der Waals surface area contributed by atoms with E-state index in [0.29, 0.717) is 5.92 Å². The molecule has 3 rings (SSSR count). The summed E-state index contributed by atoms with van der Waals surface area (Å²) in [6.45, 7) is 0.925. The number of aryl methyl sites for hydroxylation is 1. The number of pyridine rings is 1. The first-order chi connectivity index (χ1) is 8.90. The zero-order valence-electron chi connectivity index (χ0n) is 10.7. The molecule has 2 heteroatoms. The fourth-order valence-electron chi connectivity index (χ4n) is 2.94.